The number of non-ortho nitro benzene ring substituents is 1. The summed E-state index contributed by atoms with van der Waals surface area (Å²) < 4.78 is 10.1. The highest BCUT2D eigenvalue weighted by molar-refractivity contribution is 6.07. The molecule has 10 heteroatoms. The third-order valence-electron chi connectivity index (χ3n) is 4.39. The van der Waals surface area contributed by atoms with Crippen LogP contribution in [0, 0.1) is 27.4 Å². The molecule has 1 amide bonds. The molecule has 1 aromatic rings. The fraction of sp³-hybridized carbons (Fsp3) is 0.421. The summed E-state index contributed by atoms with van der Waals surface area (Å²) >= 11 is 0. The van der Waals surface area contributed by atoms with Gasteiger partial charge in [0.2, 0.25) is 0 Å². The van der Waals surface area contributed by atoms with E-state index in [-0.39, 0.29) is 34.6 Å². The molecule has 10 nitrogen and oxygen atoms in total. The molecule has 29 heavy (non-hydrogen) atoms. The molecule has 1 saturated heterocycles. The number of nitro benzene ring substituents is 1. The zero-order valence-electron chi connectivity index (χ0n) is 16.2. The molecule has 1 heterocycles. The number of anilines is 1. The minimum atomic E-state index is -0.682. The number of nitriles is 1. The van der Waals surface area contributed by atoms with Crippen LogP contribution < -0.4 is 10.1 Å². The van der Waals surface area contributed by atoms with Crippen molar-refractivity contribution in [1.29, 1.82) is 5.26 Å². The lowest BCUT2D eigenvalue weighted by molar-refractivity contribution is -0.384. The Hall–Kier alpha value is -3.61. The molecule has 1 unspecified atom stereocenters. The van der Waals surface area contributed by atoms with Gasteiger partial charge < -0.3 is 19.7 Å². The van der Waals surface area contributed by atoms with Gasteiger partial charge in [-0.1, -0.05) is 0 Å². The summed E-state index contributed by atoms with van der Waals surface area (Å²) in [7, 11) is 1.32. The van der Waals surface area contributed by atoms with Gasteiger partial charge in [0.05, 0.1) is 36.3 Å². The van der Waals surface area contributed by atoms with Gasteiger partial charge in [-0.2, -0.15) is 5.26 Å². The van der Waals surface area contributed by atoms with Gasteiger partial charge in [0.25, 0.3) is 11.6 Å². The van der Waals surface area contributed by atoms with Crippen molar-refractivity contribution in [2.24, 2.45) is 5.92 Å². The molecule has 1 aromatic carbocycles. The molecule has 1 aliphatic heterocycles. The van der Waals surface area contributed by atoms with E-state index in [2.05, 4.69) is 5.32 Å². The number of ether oxygens (including phenoxy) is 2. The van der Waals surface area contributed by atoms with Crippen LogP contribution in [0.15, 0.2) is 30.0 Å². The highest BCUT2D eigenvalue weighted by atomic mass is 16.6. The number of hydrogen-bond donors (Lipinski definition) is 1. The fourth-order valence-electron chi connectivity index (χ4n) is 2.98. The summed E-state index contributed by atoms with van der Waals surface area (Å²) in [6, 6.07) is 5.59. The molecule has 1 atom stereocenters. The van der Waals surface area contributed by atoms with Gasteiger partial charge in [0, 0.05) is 25.4 Å². The van der Waals surface area contributed by atoms with E-state index in [1.165, 1.54) is 31.5 Å². The predicted molar refractivity (Wildman–Crippen MR) is 103 cm³/mol. The first-order chi connectivity index (χ1) is 13.9. The molecule has 0 bridgehead atoms. The third-order valence-corrected chi connectivity index (χ3v) is 4.39. The van der Waals surface area contributed by atoms with Crippen molar-refractivity contribution in [2.45, 2.75) is 19.8 Å². The van der Waals surface area contributed by atoms with Crippen molar-refractivity contribution in [3.05, 3.63) is 40.1 Å². The Labute approximate surface area is 167 Å². The van der Waals surface area contributed by atoms with Gasteiger partial charge in [-0.05, 0) is 25.8 Å². The van der Waals surface area contributed by atoms with Gasteiger partial charge in [0.15, 0.2) is 0 Å². The smallest absolute Gasteiger partial charge is 0.310 e. The van der Waals surface area contributed by atoms with Gasteiger partial charge >= 0.3 is 5.97 Å². The number of amides is 1. The summed E-state index contributed by atoms with van der Waals surface area (Å²) in [6.07, 6.45) is 2.84. The van der Waals surface area contributed by atoms with Gasteiger partial charge in [-0.3, -0.25) is 19.7 Å². The van der Waals surface area contributed by atoms with E-state index >= 15 is 0 Å². The lowest BCUT2D eigenvalue weighted by Crippen LogP contribution is -2.37. The Morgan fingerprint density at radius 2 is 2.24 bits per heavy atom. The Kier molecular flexibility index (Phi) is 7.54. The number of esters is 1. The Morgan fingerprint density at radius 1 is 1.48 bits per heavy atom. The van der Waals surface area contributed by atoms with Crippen molar-refractivity contribution in [1.82, 2.24) is 4.90 Å². The second-order valence-corrected chi connectivity index (χ2v) is 6.34. The van der Waals surface area contributed by atoms with E-state index in [1.54, 1.807) is 11.8 Å². The maximum atomic E-state index is 12.5. The quantitative estimate of drug-likeness (QED) is 0.241. The number of likely N-dealkylation sites (tertiary alicyclic amines) is 1. The Morgan fingerprint density at radius 3 is 2.86 bits per heavy atom. The van der Waals surface area contributed by atoms with Crippen molar-refractivity contribution < 1.29 is 24.0 Å². The van der Waals surface area contributed by atoms with E-state index < -0.39 is 10.8 Å². The number of carbonyl (C=O) groups is 2. The molecule has 154 valence electrons. The molecule has 0 saturated carbocycles. The van der Waals surface area contributed by atoms with Crippen LogP contribution in [0.1, 0.15) is 19.8 Å². The molecule has 2 rings (SSSR count). The first-order valence-electron chi connectivity index (χ1n) is 9.06. The van der Waals surface area contributed by atoms with Crippen LogP contribution in [-0.4, -0.2) is 48.5 Å². The number of nitro groups is 1. The molecule has 1 aliphatic rings. The molecule has 0 aromatic heterocycles. The van der Waals surface area contributed by atoms with Crippen LogP contribution in [0.25, 0.3) is 0 Å². The number of hydrogen-bond acceptors (Lipinski definition) is 8. The van der Waals surface area contributed by atoms with Crippen LogP contribution in [-0.2, 0) is 14.3 Å². The van der Waals surface area contributed by atoms with E-state index in [0.29, 0.717) is 26.1 Å². The summed E-state index contributed by atoms with van der Waals surface area (Å²) in [6.45, 7) is 3.00. The topological polar surface area (TPSA) is 135 Å². The normalized spacial score (nSPS) is 16.5. The van der Waals surface area contributed by atoms with Crippen LogP contribution in [0.2, 0.25) is 0 Å². The zero-order valence-corrected chi connectivity index (χ0v) is 16.2. The number of nitrogens with one attached hydrogen (secondary N) is 1. The van der Waals surface area contributed by atoms with Crippen LogP contribution in [0.3, 0.4) is 0 Å². The highest BCUT2D eigenvalue weighted by Gasteiger charge is 2.26. The molecule has 1 fully saturated rings. The van der Waals surface area contributed by atoms with Crippen molar-refractivity contribution >= 4 is 23.3 Å². The number of rotatable bonds is 7. The second-order valence-electron chi connectivity index (χ2n) is 6.34. The second kappa shape index (κ2) is 10.1. The maximum absolute atomic E-state index is 12.5. The first kappa shape index (κ1) is 21.7. The average molecular weight is 402 g/mol. The monoisotopic (exact) mass is 402 g/mol. The van der Waals surface area contributed by atoms with Gasteiger partial charge in [-0.15, -0.1) is 0 Å². The van der Waals surface area contributed by atoms with Crippen molar-refractivity contribution in [3.8, 4) is 11.8 Å². The minimum Gasteiger partial charge on any atom is -0.494 e. The first-order valence-corrected chi connectivity index (χ1v) is 9.06. The van der Waals surface area contributed by atoms with Gasteiger partial charge in [0.1, 0.15) is 17.4 Å². The number of benzene rings is 1. The minimum absolute atomic E-state index is 0.102. The van der Waals surface area contributed by atoms with E-state index in [4.69, 9.17) is 9.47 Å². The van der Waals surface area contributed by atoms with E-state index in [0.717, 1.165) is 6.42 Å². The predicted octanol–water partition coefficient (Wildman–Crippen LogP) is 2.22. The molecule has 1 N–H and O–H groups in total. The number of carbonyl (C=O) groups excluding carboxylic acids is 2. The average Bonchev–Trinajstić information content (AvgIpc) is 2.72. The van der Waals surface area contributed by atoms with E-state index in [1.807, 2.05) is 6.07 Å². The summed E-state index contributed by atoms with van der Waals surface area (Å²) in [4.78, 5) is 36.5. The number of nitrogens with zero attached hydrogens (tertiary/aromatic N) is 3. The summed E-state index contributed by atoms with van der Waals surface area (Å²) in [5.74, 6) is -1.18. The maximum Gasteiger partial charge on any atom is 0.310 e. The van der Waals surface area contributed by atoms with Crippen molar-refractivity contribution in [2.75, 3.05) is 32.1 Å². The summed E-state index contributed by atoms with van der Waals surface area (Å²) in [5, 5.41) is 22.8. The summed E-state index contributed by atoms with van der Waals surface area (Å²) in [5.41, 5.74) is -0.142. The molecular weight excluding hydrogens is 380 g/mol. The van der Waals surface area contributed by atoms with Gasteiger partial charge in [-0.25, -0.2) is 0 Å². The molecular formula is C19H22N4O6. The number of piperidine rings is 1. The van der Waals surface area contributed by atoms with Crippen LogP contribution in [0.5, 0.6) is 5.75 Å². The lowest BCUT2D eigenvalue weighted by atomic mass is 9.98. The standard InChI is InChI=1S/C19H22N4O6/c1-3-29-19(25)13-5-4-8-22(11-13)12-14(10-20)18(24)21-16-7-6-15(23(26)27)9-17(16)28-2/h6-7,9,12-13H,3-5,8,11H2,1-2H3,(H,21,24)/b14-12-. The van der Waals surface area contributed by atoms with E-state index in [9.17, 15) is 25.0 Å². The number of methoxy groups -OCH3 is 1. The SMILES string of the molecule is CCOC(=O)C1CCCN(/C=C(/C#N)C(=O)Nc2ccc([N+](=O)[O-])cc2OC)C1. The Balaban J connectivity index is 2.13. The zero-order chi connectivity index (χ0) is 21.4. The lowest BCUT2D eigenvalue weighted by Gasteiger charge is -2.30. The molecule has 0 aliphatic carbocycles. The highest BCUT2D eigenvalue weighted by Crippen LogP contribution is 2.29. The fourth-order valence-corrected chi connectivity index (χ4v) is 2.98. The van der Waals surface area contributed by atoms with Crippen LogP contribution >= 0.6 is 0 Å². The largest absolute Gasteiger partial charge is 0.494 e. The molecule has 0 spiro atoms. The van der Waals surface area contributed by atoms with Crippen LogP contribution in [0.4, 0.5) is 11.4 Å². The Bertz CT molecular complexity index is 861. The third kappa shape index (κ3) is 5.68. The molecule has 0 radical (unpaired) electrons. The van der Waals surface area contributed by atoms with Crippen molar-refractivity contribution in [3.63, 3.8) is 0 Å².